The Bertz CT molecular complexity index is 957. The monoisotopic (exact) mass is 424 g/mol. The summed E-state index contributed by atoms with van der Waals surface area (Å²) in [4.78, 5) is 29.7. The highest BCUT2D eigenvalue weighted by Gasteiger charge is 2.12. The first-order valence-electron chi connectivity index (χ1n) is 8.08. The van der Waals surface area contributed by atoms with Crippen LogP contribution in [0.5, 0.6) is 0 Å². The molecule has 0 aliphatic rings. The molecule has 3 aromatic rings. The summed E-state index contributed by atoms with van der Waals surface area (Å²) in [5, 5.41) is 22.5. The SMILES string of the molecule is CCCCSc1nnc(NC(=O)CSc2nc3ccc([N+](=O)[O-])cc3[nH]2)s1. The number of benzene rings is 1. The molecule has 2 N–H and O–H groups in total. The molecule has 2 aromatic heterocycles. The van der Waals surface area contributed by atoms with Crippen LogP contribution >= 0.6 is 34.9 Å². The summed E-state index contributed by atoms with van der Waals surface area (Å²) in [6.07, 6.45) is 2.24. The molecule has 12 heteroatoms. The van der Waals surface area contributed by atoms with E-state index in [2.05, 4.69) is 32.4 Å². The number of carbonyl (C=O) groups is 1. The lowest BCUT2D eigenvalue weighted by Gasteiger charge is -1.98. The third kappa shape index (κ3) is 5.40. The number of non-ortho nitro benzene ring substituents is 1. The minimum atomic E-state index is -0.461. The molecule has 0 fully saturated rings. The van der Waals surface area contributed by atoms with E-state index in [1.54, 1.807) is 17.8 Å². The number of hydrogen-bond acceptors (Lipinski definition) is 9. The summed E-state index contributed by atoms with van der Waals surface area (Å²) >= 11 is 4.20. The average Bonchev–Trinajstić information content (AvgIpc) is 3.25. The van der Waals surface area contributed by atoms with Crippen molar-refractivity contribution in [1.82, 2.24) is 20.2 Å². The molecule has 0 radical (unpaired) electrons. The Balaban J connectivity index is 1.53. The van der Waals surface area contributed by atoms with Crippen molar-refractivity contribution in [2.45, 2.75) is 29.3 Å². The Labute approximate surface area is 166 Å². The normalized spacial score (nSPS) is 11.0. The molecule has 27 heavy (non-hydrogen) atoms. The summed E-state index contributed by atoms with van der Waals surface area (Å²) in [7, 11) is 0. The molecule has 0 aliphatic heterocycles. The second-order valence-corrected chi connectivity index (χ2v) is 8.70. The summed E-state index contributed by atoms with van der Waals surface area (Å²) in [6, 6.07) is 4.40. The van der Waals surface area contributed by atoms with Crippen LogP contribution in [0.1, 0.15) is 19.8 Å². The molecule has 0 saturated heterocycles. The molecule has 2 heterocycles. The number of H-pyrrole nitrogens is 1. The number of unbranched alkanes of at least 4 members (excludes halogenated alkanes) is 1. The number of carbonyl (C=O) groups excluding carboxylic acids is 1. The van der Waals surface area contributed by atoms with E-state index in [1.165, 1.54) is 35.2 Å². The van der Waals surface area contributed by atoms with Crippen LogP contribution in [0.2, 0.25) is 0 Å². The topological polar surface area (TPSA) is 127 Å². The number of imidazole rings is 1. The van der Waals surface area contributed by atoms with Gasteiger partial charge in [-0.25, -0.2) is 4.98 Å². The van der Waals surface area contributed by atoms with Gasteiger partial charge in [0, 0.05) is 17.9 Å². The lowest BCUT2D eigenvalue weighted by molar-refractivity contribution is -0.384. The van der Waals surface area contributed by atoms with E-state index in [4.69, 9.17) is 0 Å². The quantitative estimate of drug-likeness (QED) is 0.174. The van der Waals surface area contributed by atoms with Crippen LogP contribution in [-0.4, -0.2) is 42.5 Å². The van der Waals surface area contributed by atoms with Gasteiger partial charge in [0.1, 0.15) is 0 Å². The van der Waals surface area contributed by atoms with Gasteiger partial charge in [0.25, 0.3) is 5.69 Å². The Morgan fingerprint density at radius 3 is 3.00 bits per heavy atom. The smallest absolute Gasteiger partial charge is 0.271 e. The fourth-order valence-electron chi connectivity index (χ4n) is 2.07. The van der Waals surface area contributed by atoms with Gasteiger partial charge in [-0.3, -0.25) is 20.2 Å². The summed E-state index contributed by atoms with van der Waals surface area (Å²) < 4.78 is 0.838. The van der Waals surface area contributed by atoms with Crippen LogP contribution in [0.4, 0.5) is 10.8 Å². The van der Waals surface area contributed by atoms with Gasteiger partial charge in [-0.15, -0.1) is 10.2 Å². The Kier molecular flexibility index (Phi) is 6.63. The first kappa shape index (κ1) is 19.6. The molecule has 3 rings (SSSR count). The minimum Gasteiger partial charge on any atom is -0.333 e. The van der Waals surface area contributed by atoms with Gasteiger partial charge < -0.3 is 4.98 Å². The number of aromatic nitrogens is 4. The zero-order chi connectivity index (χ0) is 19.2. The zero-order valence-corrected chi connectivity index (χ0v) is 16.7. The van der Waals surface area contributed by atoms with Crippen molar-refractivity contribution in [3.8, 4) is 0 Å². The number of amides is 1. The average molecular weight is 425 g/mol. The number of fused-ring (bicyclic) bond motifs is 1. The molecular formula is C15H16N6O3S3. The van der Waals surface area contributed by atoms with Gasteiger partial charge in [-0.05, 0) is 12.5 Å². The van der Waals surface area contributed by atoms with Crippen LogP contribution in [0.3, 0.4) is 0 Å². The first-order chi connectivity index (χ1) is 13.0. The van der Waals surface area contributed by atoms with Gasteiger partial charge in [0.2, 0.25) is 11.0 Å². The maximum atomic E-state index is 12.1. The third-order valence-corrected chi connectivity index (χ3v) is 6.30. The second-order valence-electron chi connectivity index (χ2n) is 5.41. The molecule has 0 bridgehead atoms. The van der Waals surface area contributed by atoms with Crippen LogP contribution in [-0.2, 0) is 4.79 Å². The fourth-order valence-corrected chi connectivity index (χ4v) is 4.68. The van der Waals surface area contributed by atoms with Crippen LogP contribution in [0.25, 0.3) is 11.0 Å². The van der Waals surface area contributed by atoms with Crippen molar-refractivity contribution in [3.05, 3.63) is 28.3 Å². The molecule has 0 saturated carbocycles. The van der Waals surface area contributed by atoms with E-state index in [1.807, 2.05) is 0 Å². The largest absolute Gasteiger partial charge is 0.333 e. The number of nitro benzene ring substituents is 1. The maximum absolute atomic E-state index is 12.1. The van der Waals surface area contributed by atoms with Crippen molar-refractivity contribution in [2.24, 2.45) is 0 Å². The van der Waals surface area contributed by atoms with E-state index in [9.17, 15) is 14.9 Å². The van der Waals surface area contributed by atoms with E-state index >= 15 is 0 Å². The highest BCUT2D eigenvalue weighted by molar-refractivity contribution is 8.01. The Morgan fingerprint density at radius 1 is 1.37 bits per heavy atom. The van der Waals surface area contributed by atoms with Gasteiger partial charge in [0.05, 0.1) is 21.7 Å². The van der Waals surface area contributed by atoms with Crippen molar-refractivity contribution >= 4 is 62.6 Å². The molecule has 0 atom stereocenters. The number of anilines is 1. The predicted molar refractivity (Wildman–Crippen MR) is 108 cm³/mol. The van der Waals surface area contributed by atoms with Crippen LogP contribution < -0.4 is 5.32 Å². The molecule has 0 aliphatic carbocycles. The number of nitrogens with zero attached hydrogens (tertiary/aromatic N) is 4. The van der Waals surface area contributed by atoms with Crippen LogP contribution in [0, 0.1) is 10.1 Å². The molecule has 0 spiro atoms. The predicted octanol–water partition coefficient (Wildman–Crippen LogP) is 3.95. The zero-order valence-electron chi connectivity index (χ0n) is 14.3. The highest BCUT2D eigenvalue weighted by atomic mass is 32.2. The Hall–Kier alpha value is -2.18. The molecule has 9 nitrogen and oxygen atoms in total. The number of nitro groups is 1. The minimum absolute atomic E-state index is 0.00989. The van der Waals surface area contributed by atoms with Crippen molar-refractivity contribution in [3.63, 3.8) is 0 Å². The molecule has 0 unspecified atom stereocenters. The number of aromatic amines is 1. The van der Waals surface area contributed by atoms with Crippen LogP contribution in [0.15, 0.2) is 27.7 Å². The number of hydrogen-bond donors (Lipinski definition) is 2. The van der Waals surface area contributed by atoms with E-state index < -0.39 is 4.92 Å². The summed E-state index contributed by atoms with van der Waals surface area (Å²) in [6.45, 7) is 2.13. The van der Waals surface area contributed by atoms with Gasteiger partial charge in [-0.1, -0.05) is 48.2 Å². The van der Waals surface area contributed by atoms with E-state index in [-0.39, 0.29) is 17.3 Å². The Morgan fingerprint density at radius 2 is 2.22 bits per heavy atom. The lowest BCUT2D eigenvalue weighted by atomic mass is 10.3. The third-order valence-electron chi connectivity index (χ3n) is 3.37. The number of nitrogens with one attached hydrogen (secondary N) is 2. The van der Waals surface area contributed by atoms with Crippen molar-refractivity contribution < 1.29 is 9.72 Å². The molecule has 1 amide bonds. The maximum Gasteiger partial charge on any atom is 0.271 e. The first-order valence-corrected chi connectivity index (χ1v) is 10.9. The summed E-state index contributed by atoms with van der Waals surface area (Å²) in [5.41, 5.74) is 1.16. The molecular weight excluding hydrogens is 408 g/mol. The number of rotatable bonds is 9. The fraction of sp³-hybridized carbons (Fsp3) is 0.333. The van der Waals surface area contributed by atoms with Gasteiger partial charge in [0.15, 0.2) is 9.50 Å². The molecule has 142 valence electrons. The van der Waals surface area contributed by atoms with Gasteiger partial charge >= 0.3 is 0 Å². The summed E-state index contributed by atoms with van der Waals surface area (Å²) in [5.74, 6) is 0.909. The standard InChI is InChI=1S/C15H16N6O3S3/c1-2-3-6-25-15-20-19-14(27-15)18-12(22)8-26-13-16-10-5-4-9(21(23)24)7-11(10)17-13/h4-5,7H,2-3,6,8H2,1H3,(H,16,17)(H,18,19,22). The lowest BCUT2D eigenvalue weighted by Crippen LogP contribution is -2.13. The van der Waals surface area contributed by atoms with Crippen molar-refractivity contribution in [2.75, 3.05) is 16.8 Å². The number of thioether (sulfide) groups is 2. The molecule has 1 aromatic carbocycles. The van der Waals surface area contributed by atoms with Crippen molar-refractivity contribution in [1.29, 1.82) is 0 Å². The van der Waals surface area contributed by atoms with E-state index in [0.29, 0.717) is 21.3 Å². The van der Waals surface area contributed by atoms with Gasteiger partial charge in [-0.2, -0.15) is 0 Å². The highest BCUT2D eigenvalue weighted by Crippen LogP contribution is 2.27. The van der Waals surface area contributed by atoms with E-state index in [0.717, 1.165) is 22.9 Å². The second kappa shape index (κ2) is 9.15.